The predicted molar refractivity (Wildman–Crippen MR) is 93.4 cm³/mol. The van der Waals surface area contributed by atoms with E-state index in [1.807, 2.05) is 18.2 Å². The Morgan fingerprint density at radius 1 is 1.23 bits per heavy atom. The number of ether oxygens (including phenoxy) is 2. The zero-order chi connectivity index (χ0) is 19.0. The monoisotopic (exact) mass is 348 g/mol. The number of nitrogens with two attached hydrogens (primary N) is 1. The molecule has 1 unspecified atom stereocenters. The summed E-state index contributed by atoms with van der Waals surface area (Å²) in [6.45, 7) is 1.68. The van der Waals surface area contributed by atoms with Gasteiger partial charge in [0.1, 0.15) is 29.0 Å². The predicted octanol–water partition coefficient (Wildman–Crippen LogP) is 1.79. The molecular formula is C19H16N4O3. The minimum Gasteiger partial charge on any atom is -0.497 e. The van der Waals surface area contributed by atoms with Gasteiger partial charge in [-0.3, -0.25) is 9.36 Å². The molecule has 0 aliphatic carbocycles. The summed E-state index contributed by atoms with van der Waals surface area (Å²) in [5.74, 6) is 0.309. The van der Waals surface area contributed by atoms with Gasteiger partial charge in [-0.1, -0.05) is 12.1 Å². The molecule has 1 aromatic carbocycles. The number of methoxy groups -OCH3 is 1. The Labute approximate surface area is 150 Å². The van der Waals surface area contributed by atoms with Crippen molar-refractivity contribution in [2.45, 2.75) is 12.8 Å². The van der Waals surface area contributed by atoms with Crippen LogP contribution in [0, 0.1) is 29.6 Å². The molecule has 2 heterocycles. The molecule has 1 aromatic heterocycles. The second-order valence-electron chi connectivity index (χ2n) is 5.89. The van der Waals surface area contributed by atoms with Crippen LogP contribution in [0.5, 0.6) is 11.6 Å². The summed E-state index contributed by atoms with van der Waals surface area (Å²) in [7, 11) is 3.08. The highest BCUT2D eigenvalue weighted by Gasteiger charge is 2.35. The van der Waals surface area contributed by atoms with Crippen LogP contribution in [0.25, 0.3) is 0 Å². The van der Waals surface area contributed by atoms with E-state index in [4.69, 9.17) is 15.2 Å². The summed E-state index contributed by atoms with van der Waals surface area (Å²) in [5, 5.41) is 19.0. The summed E-state index contributed by atoms with van der Waals surface area (Å²) in [6.07, 6.45) is 0. The highest BCUT2D eigenvalue weighted by Crippen LogP contribution is 2.43. The zero-order valence-electron chi connectivity index (χ0n) is 14.5. The lowest BCUT2D eigenvalue weighted by Crippen LogP contribution is -2.31. The van der Waals surface area contributed by atoms with E-state index in [1.165, 1.54) is 11.6 Å². The van der Waals surface area contributed by atoms with Gasteiger partial charge in [-0.05, 0) is 30.2 Å². The number of benzene rings is 1. The number of fused-ring (bicyclic) bond motifs is 1. The lowest BCUT2D eigenvalue weighted by Gasteiger charge is -2.29. The van der Waals surface area contributed by atoms with Crippen LogP contribution in [0.1, 0.15) is 28.2 Å². The van der Waals surface area contributed by atoms with Gasteiger partial charge in [-0.25, -0.2) is 0 Å². The Morgan fingerprint density at radius 3 is 2.42 bits per heavy atom. The molecule has 3 rings (SSSR count). The van der Waals surface area contributed by atoms with Crippen molar-refractivity contribution in [3.8, 4) is 23.8 Å². The number of allylic oxidation sites excluding steroid dienone is 1. The fourth-order valence-electron chi connectivity index (χ4n) is 3.19. The summed E-state index contributed by atoms with van der Waals surface area (Å²) in [5.41, 5.74) is 7.58. The number of hydrogen-bond acceptors (Lipinski definition) is 6. The van der Waals surface area contributed by atoms with Crippen LogP contribution < -0.4 is 20.8 Å². The molecule has 2 N–H and O–H groups in total. The first-order valence-electron chi connectivity index (χ1n) is 7.79. The SMILES string of the molecule is COc1ccc(C2C(C#N)=C(N)Oc3c2c(C)c(C#N)c(=O)n3C)cc1. The fraction of sp³-hybridized carbons (Fsp3) is 0.211. The molecule has 0 fully saturated rings. The van der Waals surface area contributed by atoms with Crippen molar-refractivity contribution < 1.29 is 9.47 Å². The van der Waals surface area contributed by atoms with Crippen LogP contribution in [0.4, 0.5) is 0 Å². The van der Waals surface area contributed by atoms with E-state index < -0.39 is 11.5 Å². The van der Waals surface area contributed by atoms with E-state index >= 15 is 0 Å². The number of hydrogen-bond donors (Lipinski definition) is 1. The van der Waals surface area contributed by atoms with Gasteiger partial charge in [-0.2, -0.15) is 10.5 Å². The molecule has 0 bridgehead atoms. The zero-order valence-corrected chi connectivity index (χ0v) is 14.5. The summed E-state index contributed by atoms with van der Waals surface area (Å²) in [6, 6.07) is 11.2. The molecule has 0 saturated carbocycles. The third-order valence-electron chi connectivity index (χ3n) is 4.56. The van der Waals surface area contributed by atoms with Crippen LogP contribution in [0.2, 0.25) is 0 Å². The fourth-order valence-corrected chi connectivity index (χ4v) is 3.19. The van der Waals surface area contributed by atoms with Crippen LogP contribution in [-0.2, 0) is 7.05 Å². The van der Waals surface area contributed by atoms with Gasteiger partial charge >= 0.3 is 0 Å². The molecule has 0 radical (unpaired) electrons. The van der Waals surface area contributed by atoms with Crippen molar-refractivity contribution in [1.82, 2.24) is 4.57 Å². The molecule has 1 atom stereocenters. The van der Waals surface area contributed by atoms with Gasteiger partial charge in [0.25, 0.3) is 5.56 Å². The van der Waals surface area contributed by atoms with Crippen molar-refractivity contribution in [2.75, 3.05) is 7.11 Å². The Morgan fingerprint density at radius 2 is 1.88 bits per heavy atom. The number of pyridine rings is 1. The maximum absolute atomic E-state index is 12.4. The molecule has 7 heteroatoms. The topological polar surface area (TPSA) is 114 Å². The number of rotatable bonds is 2. The van der Waals surface area contributed by atoms with E-state index in [2.05, 4.69) is 6.07 Å². The first-order chi connectivity index (χ1) is 12.4. The van der Waals surface area contributed by atoms with Crippen molar-refractivity contribution in [3.63, 3.8) is 0 Å². The average Bonchev–Trinajstić information content (AvgIpc) is 2.65. The quantitative estimate of drug-likeness (QED) is 0.885. The molecule has 2 aromatic rings. The van der Waals surface area contributed by atoms with Crippen LogP contribution in [-0.4, -0.2) is 11.7 Å². The normalized spacial score (nSPS) is 15.5. The maximum atomic E-state index is 12.4. The Bertz CT molecular complexity index is 1070. The molecule has 0 spiro atoms. The number of nitriles is 2. The van der Waals surface area contributed by atoms with E-state index in [9.17, 15) is 15.3 Å². The van der Waals surface area contributed by atoms with Gasteiger partial charge in [0.2, 0.25) is 11.8 Å². The van der Waals surface area contributed by atoms with Crippen LogP contribution in [0.15, 0.2) is 40.5 Å². The summed E-state index contributed by atoms with van der Waals surface area (Å²) >= 11 is 0. The molecule has 1 aliphatic rings. The van der Waals surface area contributed by atoms with Crippen molar-refractivity contribution in [3.05, 3.63) is 68.3 Å². The van der Waals surface area contributed by atoms with E-state index in [0.717, 1.165) is 5.56 Å². The minimum absolute atomic E-state index is 0.0196. The van der Waals surface area contributed by atoms with E-state index in [1.54, 1.807) is 26.2 Å². The molecule has 7 nitrogen and oxygen atoms in total. The molecule has 0 saturated heterocycles. The lowest BCUT2D eigenvalue weighted by molar-refractivity contribution is 0.356. The molecule has 0 amide bonds. The smallest absolute Gasteiger partial charge is 0.271 e. The van der Waals surface area contributed by atoms with Crippen molar-refractivity contribution >= 4 is 0 Å². The third kappa shape index (κ3) is 2.38. The molecule has 1 aliphatic heterocycles. The largest absolute Gasteiger partial charge is 0.497 e. The number of nitrogens with zero attached hydrogens (tertiary/aromatic N) is 3. The van der Waals surface area contributed by atoms with Gasteiger partial charge in [0, 0.05) is 12.6 Å². The van der Waals surface area contributed by atoms with Crippen LogP contribution in [0.3, 0.4) is 0 Å². The molecular weight excluding hydrogens is 332 g/mol. The minimum atomic E-state index is -0.548. The van der Waals surface area contributed by atoms with Gasteiger partial charge in [0.15, 0.2) is 0 Å². The van der Waals surface area contributed by atoms with Crippen molar-refractivity contribution in [2.24, 2.45) is 12.8 Å². The number of aromatic nitrogens is 1. The van der Waals surface area contributed by atoms with Gasteiger partial charge in [-0.15, -0.1) is 0 Å². The van der Waals surface area contributed by atoms with Gasteiger partial charge in [0.05, 0.1) is 13.0 Å². The first-order valence-corrected chi connectivity index (χ1v) is 7.79. The maximum Gasteiger partial charge on any atom is 0.271 e. The second kappa shape index (κ2) is 6.30. The molecule has 130 valence electrons. The van der Waals surface area contributed by atoms with Crippen molar-refractivity contribution in [1.29, 1.82) is 10.5 Å². The van der Waals surface area contributed by atoms with E-state index in [-0.39, 0.29) is 22.9 Å². The Hall–Kier alpha value is -3.71. The third-order valence-corrected chi connectivity index (χ3v) is 4.56. The second-order valence-corrected chi connectivity index (χ2v) is 5.89. The van der Waals surface area contributed by atoms with Gasteiger partial charge < -0.3 is 15.2 Å². The Kier molecular flexibility index (Phi) is 4.15. The van der Waals surface area contributed by atoms with Crippen LogP contribution >= 0.6 is 0 Å². The average molecular weight is 348 g/mol. The van der Waals surface area contributed by atoms with E-state index in [0.29, 0.717) is 16.9 Å². The highest BCUT2D eigenvalue weighted by molar-refractivity contribution is 5.59. The standard InChI is InChI=1S/C19H16N4O3/c1-10-13(8-20)18(24)23(2)19-15(10)16(14(9-21)17(22)26-19)11-4-6-12(25-3)7-5-11/h4-7,16H,22H2,1-3H3. The summed E-state index contributed by atoms with van der Waals surface area (Å²) < 4.78 is 12.0. The first kappa shape index (κ1) is 17.1. The molecule has 26 heavy (non-hydrogen) atoms. The Balaban J connectivity index is 2.37. The summed E-state index contributed by atoms with van der Waals surface area (Å²) in [4.78, 5) is 12.4. The lowest BCUT2D eigenvalue weighted by atomic mass is 9.81. The highest BCUT2D eigenvalue weighted by atomic mass is 16.5.